The highest BCUT2D eigenvalue weighted by Crippen LogP contribution is 2.18. The summed E-state index contributed by atoms with van der Waals surface area (Å²) in [6.07, 6.45) is 2.78. The number of halogens is 1. The van der Waals surface area contributed by atoms with Gasteiger partial charge < -0.3 is 19.5 Å². The van der Waals surface area contributed by atoms with Gasteiger partial charge in [0.15, 0.2) is 5.75 Å². The molecule has 128 valence electrons. The van der Waals surface area contributed by atoms with Gasteiger partial charge in [-0.25, -0.2) is 4.39 Å². The van der Waals surface area contributed by atoms with Crippen LogP contribution in [0.4, 0.5) is 4.39 Å². The molecule has 1 aromatic heterocycles. The van der Waals surface area contributed by atoms with Crippen molar-refractivity contribution in [2.45, 2.75) is 18.6 Å². The SMILES string of the molecule is COc1ccc(CC(=O)N[C@H]2COC[C@H]2Oc2cn[nH]c2)c(F)c1. The zero-order chi connectivity index (χ0) is 16.9. The average molecular weight is 335 g/mol. The first kappa shape index (κ1) is 16.3. The van der Waals surface area contributed by atoms with Crippen molar-refractivity contribution in [1.29, 1.82) is 0 Å². The lowest BCUT2D eigenvalue weighted by atomic mass is 10.1. The molecular formula is C16H18FN3O4. The third-order valence-electron chi connectivity index (χ3n) is 3.75. The van der Waals surface area contributed by atoms with Crippen molar-refractivity contribution < 1.29 is 23.4 Å². The molecule has 2 atom stereocenters. The van der Waals surface area contributed by atoms with E-state index in [4.69, 9.17) is 14.2 Å². The van der Waals surface area contributed by atoms with Crippen LogP contribution in [-0.4, -0.2) is 48.6 Å². The number of benzene rings is 1. The van der Waals surface area contributed by atoms with Crippen LogP contribution in [0.15, 0.2) is 30.6 Å². The Morgan fingerprint density at radius 1 is 1.46 bits per heavy atom. The average Bonchev–Trinajstić information content (AvgIpc) is 3.22. The molecule has 1 amide bonds. The second-order valence-corrected chi connectivity index (χ2v) is 5.44. The third kappa shape index (κ3) is 3.83. The lowest BCUT2D eigenvalue weighted by Crippen LogP contribution is -2.45. The standard InChI is InChI=1S/C16H18FN3O4/c1-22-11-3-2-10(13(17)5-11)4-16(21)20-14-8-23-9-15(14)24-12-6-18-19-7-12/h2-3,5-7,14-15H,4,8-9H2,1H3,(H,18,19)(H,20,21)/t14-,15+/m0/s1. The number of amides is 1. The Hall–Kier alpha value is -2.61. The second-order valence-electron chi connectivity index (χ2n) is 5.44. The lowest BCUT2D eigenvalue weighted by molar-refractivity contribution is -0.121. The molecule has 1 aliphatic heterocycles. The molecule has 1 aliphatic rings. The molecule has 1 fully saturated rings. The van der Waals surface area contributed by atoms with Gasteiger partial charge in [0.2, 0.25) is 5.91 Å². The maximum Gasteiger partial charge on any atom is 0.224 e. The predicted octanol–water partition coefficient (Wildman–Crippen LogP) is 1.06. The topological polar surface area (TPSA) is 85.5 Å². The smallest absolute Gasteiger partial charge is 0.224 e. The van der Waals surface area contributed by atoms with Crippen LogP contribution in [0.3, 0.4) is 0 Å². The summed E-state index contributed by atoms with van der Waals surface area (Å²) in [5.41, 5.74) is 0.305. The number of rotatable bonds is 6. The summed E-state index contributed by atoms with van der Waals surface area (Å²) in [5.74, 6) is 0.217. The Morgan fingerprint density at radius 3 is 3.04 bits per heavy atom. The van der Waals surface area contributed by atoms with Crippen molar-refractivity contribution in [2.24, 2.45) is 0 Å². The number of carbonyl (C=O) groups is 1. The van der Waals surface area contributed by atoms with Gasteiger partial charge in [-0.2, -0.15) is 5.10 Å². The van der Waals surface area contributed by atoms with E-state index in [1.54, 1.807) is 24.5 Å². The fourth-order valence-electron chi connectivity index (χ4n) is 2.49. The minimum atomic E-state index is -0.474. The van der Waals surface area contributed by atoms with Gasteiger partial charge >= 0.3 is 0 Å². The van der Waals surface area contributed by atoms with Crippen molar-refractivity contribution in [1.82, 2.24) is 15.5 Å². The van der Waals surface area contributed by atoms with E-state index in [0.717, 1.165) is 0 Å². The largest absolute Gasteiger partial charge is 0.497 e. The molecule has 24 heavy (non-hydrogen) atoms. The van der Waals surface area contributed by atoms with E-state index in [9.17, 15) is 9.18 Å². The summed E-state index contributed by atoms with van der Waals surface area (Å²) >= 11 is 0. The van der Waals surface area contributed by atoms with Crippen molar-refractivity contribution in [3.8, 4) is 11.5 Å². The number of carbonyl (C=O) groups excluding carboxylic acids is 1. The Labute approximate surface area is 138 Å². The van der Waals surface area contributed by atoms with E-state index in [0.29, 0.717) is 30.3 Å². The summed E-state index contributed by atoms with van der Waals surface area (Å²) in [6, 6.07) is 4.12. The van der Waals surface area contributed by atoms with Crippen molar-refractivity contribution >= 4 is 5.91 Å². The highest BCUT2D eigenvalue weighted by Gasteiger charge is 2.31. The van der Waals surface area contributed by atoms with Crippen LogP contribution in [0.25, 0.3) is 0 Å². The molecule has 0 bridgehead atoms. The van der Waals surface area contributed by atoms with Gasteiger partial charge in [0.05, 0.1) is 45.2 Å². The molecule has 8 heteroatoms. The molecule has 0 radical (unpaired) electrons. The summed E-state index contributed by atoms with van der Waals surface area (Å²) in [5, 5.41) is 9.28. The molecule has 7 nitrogen and oxygen atoms in total. The highest BCUT2D eigenvalue weighted by atomic mass is 19.1. The first-order chi connectivity index (χ1) is 11.7. The quantitative estimate of drug-likeness (QED) is 0.825. The second kappa shape index (κ2) is 7.31. The Balaban J connectivity index is 1.57. The van der Waals surface area contributed by atoms with E-state index < -0.39 is 5.82 Å². The molecule has 0 unspecified atom stereocenters. The highest BCUT2D eigenvalue weighted by molar-refractivity contribution is 5.79. The number of aromatic nitrogens is 2. The van der Waals surface area contributed by atoms with Gasteiger partial charge in [-0.05, 0) is 11.6 Å². The van der Waals surface area contributed by atoms with E-state index in [1.165, 1.54) is 13.2 Å². The molecule has 0 spiro atoms. The molecule has 3 rings (SSSR count). The molecule has 1 aromatic carbocycles. The lowest BCUT2D eigenvalue weighted by Gasteiger charge is -2.19. The number of methoxy groups -OCH3 is 1. The normalized spacial score (nSPS) is 19.9. The fraction of sp³-hybridized carbons (Fsp3) is 0.375. The zero-order valence-electron chi connectivity index (χ0n) is 13.1. The van der Waals surface area contributed by atoms with Crippen LogP contribution >= 0.6 is 0 Å². The minimum Gasteiger partial charge on any atom is -0.497 e. The van der Waals surface area contributed by atoms with Crippen LogP contribution in [0.5, 0.6) is 11.5 Å². The Morgan fingerprint density at radius 2 is 2.33 bits per heavy atom. The minimum absolute atomic E-state index is 0.0647. The summed E-state index contributed by atoms with van der Waals surface area (Å²) in [4.78, 5) is 12.2. The van der Waals surface area contributed by atoms with Crippen LogP contribution in [0.2, 0.25) is 0 Å². The van der Waals surface area contributed by atoms with Gasteiger partial charge in [-0.15, -0.1) is 0 Å². The number of hydrogen-bond donors (Lipinski definition) is 2. The van der Waals surface area contributed by atoms with Gasteiger partial charge in [-0.1, -0.05) is 6.07 Å². The molecule has 0 saturated carbocycles. The van der Waals surface area contributed by atoms with Crippen molar-refractivity contribution in [2.75, 3.05) is 20.3 Å². The van der Waals surface area contributed by atoms with Gasteiger partial charge in [0.25, 0.3) is 0 Å². The fourth-order valence-corrected chi connectivity index (χ4v) is 2.49. The van der Waals surface area contributed by atoms with Gasteiger partial charge in [0, 0.05) is 6.07 Å². The number of aromatic amines is 1. The Kier molecular flexibility index (Phi) is 4.95. The van der Waals surface area contributed by atoms with Crippen molar-refractivity contribution in [3.63, 3.8) is 0 Å². The first-order valence-corrected chi connectivity index (χ1v) is 7.50. The molecule has 2 heterocycles. The third-order valence-corrected chi connectivity index (χ3v) is 3.75. The van der Waals surface area contributed by atoms with Crippen LogP contribution in [-0.2, 0) is 16.0 Å². The van der Waals surface area contributed by atoms with E-state index in [1.807, 2.05) is 0 Å². The van der Waals surface area contributed by atoms with Gasteiger partial charge in [0.1, 0.15) is 17.7 Å². The number of hydrogen-bond acceptors (Lipinski definition) is 5. The molecule has 0 aliphatic carbocycles. The van der Waals surface area contributed by atoms with Crippen LogP contribution in [0.1, 0.15) is 5.56 Å². The summed E-state index contributed by atoms with van der Waals surface area (Å²) in [7, 11) is 1.46. The summed E-state index contributed by atoms with van der Waals surface area (Å²) < 4.78 is 29.9. The molecule has 2 aromatic rings. The molecular weight excluding hydrogens is 317 g/mol. The monoisotopic (exact) mass is 335 g/mol. The maximum atomic E-state index is 13.9. The predicted molar refractivity (Wildman–Crippen MR) is 82.4 cm³/mol. The number of nitrogens with zero attached hydrogens (tertiary/aromatic N) is 1. The van der Waals surface area contributed by atoms with Crippen molar-refractivity contribution in [3.05, 3.63) is 42.0 Å². The molecule has 1 saturated heterocycles. The van der Waals surface area contributed by atoms with E-state index >= 15 is 0 Å². The van der Waals surface area contributed by atoms with Crippen LogP contribution < -0.4 is 14.8 Å². The number of nitrogens with one attached hydrogen (secondary N) is 2. The first-order valence-electron chi connectivity index (χ1n) is 7.50. The van der Waals surface area contributed by atoms with Gasteiger partial charge in [-0.3, -0.25) is 9.89 Å². The number of ether oxygens (including phenoxy) is 3. The zero-order valence-corrected chi connectivity index (χ0v) is 13.1. The van der Waals surface area contributed by atoms with E-state index in [2.05, 4.69) is 15.5 Å². The number of H-pyrrole nitrogens is 1. The molecule has 2 N–H and O–H groups in total. The summed E-state index contributed by atoms with van der Waals surface area (Å²) in [6.45, 7) is 0.715. The maximum absolute atomic E-state index is 13.9. The van der Waals surface area contributed by atoms with E-state index in [-0.39, 0.29) is 24.5 Å². The van der Waals surface area contributed by atoms with Crippen LogP contribution in [0, 0.1) is 5.82 Å². The Bertz CT molecular complexity index is 693.